The molecule has 0 radical (unpaired) electrons. The van der Waals surface area contributed by atoms with E-state index in [2.05, 4.69) is 10.3 Å². The average Bonchev–Trinajstić information content (AvgIpc) is 2.26. The Morgan fingerprint density at radius 2 is 2.00 bits per heavy atom. The molecule has 1 aromatic carbocycles. The molecule has 1 aromatic rings. The summed E-state index contributed by atoms with van der Waals surface area (Å²) >= 11 is 0. The summed E-state index contributed by atoms with van der Waals surface area (Å²) in [6.07, 6.45) is 0. The average molecular weight is 275 g/mol. The number of hydrazine groups is 2. The van der Waals surface area contributed by atoms with Gasteiger partial charge in [-0.2, -0.15) is 0 Å². The Morgan fingerprint density at radius 1 is 1.39 bits per heavy atom. The van der Waals surface area contributed by atoms with Gasteiger partial charge < -0.3 is 5.43 Å². The predicted octanol–water partition coefficient (Wildman–Crippen LogP) is -0.365. The normalized spacial score (nSPS) is 11.6. The highest BCUT2D eigenvalue weighted by Crippen LogP contribution is 2.25. The lowest BCUT2D eigenvalue weighted by Crippen LogP contribution is -2.36. The Balaban J connectivity index is 3.36. The molecule has 0 bridgehead atoms. The van der Waals surface area contributed by atoms with Crippen LogP contribution in [0.1, 0.15) is 0 Å². The highest BCUT2D eigenvalue weighted by molar-refractivity contribution is 7.89. The summed E-state index contributed by atoms with van der Waals surface area (Å²) < 4.78 is 23.9. The van der Waals surface area contributed by atoms with Crippen LogP contribution in [0.2, 0.25) is 0 Å². The number of nitrogen functional groups attached to an aromatic ring is 1. The molecule has 0 amide bonds. The SMILES string of the molecule is CN(C)NS(=O)(=O)c1cc([N+](=O)[O-])ccc1NN. The van der Waals surface area contributed by atoms with Crippen LogP contribution < -0.4 is 16.1 Å². The van der Waals surface area contributed by atoms with Crippen molar-refractivity contribution in [2.45, 2.75) is 4.90 Å². The lowest BCUT2D eigenvalue weighted by atomic mass is 10.3. The molecule has 0 aliphatic heterocycles. The molecule has 0 saturated carbocycles. The second-order valence-corrected chi connectivity index (χ2v) is 5.20. The molecule has 0 aromatic heterocycles. The number of nitro benzene ring substituents is 1. The maximum absolute atomic E-state index is 11.9. The molecule has 9 nitrogen and oxygen atoms in total. The topological polar surface area (TPSA) is 131 Å². The van der Waals surface area contributed by atoms with Crippen molar-refractivity contribution >= 4 is 21.4 Å². The number of anilines is 1. The number of hydrogen-bond acceptors (Lipinski definition) is 7. The van der Waals surface area contributed by atoms with Crippen molar-refractivity contribution in [2.75, 3.05) is 19.5 Å². The van der Waals surface area contributed by atoms with Gasteiger partial charge in [-0.25, -0.2) is 13.4 Å². The molecule has 0 fully saturated rings. The fourth-order valence-electron chi connectivity index (χ4n) is 1.26. The number of nitro groups is 1. The van der Waals surface area contributed by atoms with Gasteiger partial charge >= 0.3 is 0 Å². The third-order valence-corrected chi connectivity index (χ3v) is 3.45. The van der Waals surface area contributed by atoms with Gasteiger partial charge in [-0.15, -0.1) is 4.83 Å². The Kier molecular flexibility index (Phi) is 4.19. The van der Waals surface area contributed by atoms with E-state index in [0.29, 0.717) is 0 Å². The van der Waals surface area contributed by atoms with Crippen LogP contribution in [-0.4, -0.2) is 32.4 Å². The summed E-state index contributed by atoms with van der Waals surface area (Å²) in [5.74, 6) is 5.18. The van der Waals surface area contributed by atoms with Gasteiger partial charge in [-0.3, -0.25) is 16.0 Å². The molecule has 1 rings (SSSR count). The lowest BCUT2D eigenvalue weighted by Gasteiger charge is -2.14. The zero-order chi connectivity index (χ0) is 13.9. The van der Waals surface area contributed by atoms with Gasteiger partial charge in [0.05, 0.1) is 10.6 Å². The van der Waals surface area contributed by atoms with E-state index in [-0.39, 0.29) is 16.3 Å². The van der Waals surface area contributed by atoms with E-state index in [0.717, 1.165) is 12.1 Å². The molecular formula is C8H13N5O4S. The van der Waals surface area contributed by atoms with Crippen LogP contribution in [0, 0.1) is 10.1 Å². The summed E-state index contributed by atoms with van der Waals surface area (Å²) in [5, 5.41) is 11.8. The van der Waals surface area contributed by atoms with Crippen LogP contribution in [0.15, 0.2) is 23.1 Å². The molecule has 0 aliphatic rings. The van der Waals surface area contributed by atoms with Crippen LogP contribution in [0.5, 0.6) is 0 Å². The fourth-order valence-corrected chi connectivity index (χ4v) is 2.53. The number of rotatable bonds is 5. The quantitative estimate of drug-likeness (QED) is 0.380. The van der Waals surface area contributed by atoms with E-state index in [1.807, 2.05) is 0 Å². The van der Waals surface area contributed by atoms with Crippen molar-refractivity contribution in [2.24, 2.45) is 5.84 Å². The summed E-state index contributed by atoms with van der Waals surface area (Å²) in [6.45, 7) is 0. The minimum absolute atomic E-state index is 0.0648. The molecule has 100 valence electrons. The maximum Gasteiger partial charge on any atom is 0.270 e. The monoisotopic (exact) mass is 275 g/mol. The number of nitrogens with one attached hydrogen (secondary N) is 2. The predicted molar refractivity (Wildman–Crippen MR) is 64.9 cm³/mol. The van der Waals surface area contributed by atoms with E-state index in [1.165, 1.54) is 25.2 Å². The van der Waals surface area contributed by atoms with Gasteiger partial charge in [0.1, 0.15) is 4.90 Å². The first kappa shape index (κ1) is 14.3. The first-order chi connectivity index (χ1) is 8.27. The Morgan fingerprint density at radius 3 is 2.44 bits per heavy atom. The van der Waals surface area contributed by atoms with E-state index in [9.17, 15) is 18.5 Å². The molecule has 0 unspecified atom stereocenters. The standard InChI is InChI=1S/C8H13N5O4S/c1-12(2)11-18(16,17)8-5-6(13(14)15)3-4-7(8)10-9/h3-5,10-11H,9H2,1-2H3. The third-order valence-electron chi connectivity index (χ3n) is 1.92. The zero-order valence-corrected chi connectivity index (χ0v) is 10.6. The first-order valence-corrected chi connectivity index (χ1v) is 6.21. The Bertz CT molecular complexity index is 557. The number of benzene rings is 1. The third kappa shape index (κ3) is 3.13. The number of non-ortho nitro benzene ring substituents is 1. The zero-order valence-electron chi connectivity index (χ0n) is 9.75. The second kappa shape index (κ2) is 5.27. The summed E-state index contributed by atoms with van der Waals surface area (Å²) in [6, 6.07) is 3.31. The molecule has 0 spiro atoms. The molecule has 0 atom stereocenters. The van der Waals surface area contributed by atoms with Crippen molar-refractivity contribution in [1.82, 2.24) is 9.84 Å². The minimum Gasteiger partial charge on any atom is -0.323 e. The molecule has 0 heterocycles. The van der Waals surface area contributed by atoms with E-state index in [4.69, 9.17) is 5.84 Å². The van der Waals surface area contributed by atoms with Gasteiger partial charge in [-0.05, 0) is 6.07 Å². The molecular weight excluding hydrogens is 262 g/mol. The maximum atomic E-state index is 11.9. The summed E-state index contributed by atoms with van der Waals surface area (Å²) in [4.78, 5) is 11.8. The summed E-state index contributed by atoms with van der Waals surface area (Å²) in [5.41, 5.74) is 1.91. The van der Waals surface area contributed by atoms with Crippen LogP contribution in [-0.2, 0) is 10.0 Å². The van der Waals surface area contributed by atoms with Gasteiger partial charge in [0.25, 0.3) is 15.7 Å². The van der Waals surface area contributed by atoms with Crippen LogP contribution in [0.4, 0.5) is 11.4 Å². The minimum atomic E-state index is -3.93. The van der Waals surface area contributed by atoms with Crippen molar-refractivity contribution < 1.29 is 13.3 Å². The van der Waals surface area contributed by atoms with Crippen LogP contribution in [0.25, 0.3) is 0 Å². The smallest absolute Gasteiger partial charge is 0.270 e. The molecule has 0 aliphatic carbocycles. The Hall–Kier alpha value is -1.75. The highest BCUT2D eigenvalue weighted by atomic mass is 32.2. The molecule has 10 heteroatoms. The Labute approximate surface area is 104 Å². The van der Waals surface area contributed by atoms with Crippen molar-refractivity contribution in [3.8, 4) is 0 Å². The van der Waals surface area contributed by atoms with Crippen molar-refractivity contribution in [3.05, 3.63) is 28.3 Å². The van der Waals surface area contributed by atoms with Crippen LogP contribution >= 0.6 is 0 Å². The number of hydrogen-bond donors (Lipinski definition) is 3. The number of nitrogens with two attached hydrogens (primary N) is 1. The first-order valence-electron chi connectivity index (χ1n) is 4.73. The highest BCUT2D eigenvalue weighted by Gasteiger charge is 2.22. The van der Waals surface area contributed by atoms with Crippen LogP contribution in [0.3, 0.4) is 0 Å². The van der Waals surface area contributed by atoms with E-state index >= 15 is 0 Å². The second-order valence-electron chi connectivity index (χ2n) is 3.57. The lowest BCUT2D eigenvalue weighted by molar-refractivity contribution is -0.385. The molecule has 0 saturated heterocycles. The largest absolute Gasteiger partial charge is 0.323 e. The van der Waals surface area contributed by atoms with Crippen molar-refractivity contribution in [1.29, 1.82) is 0 Å². The van der Waals surface area contributed by atoms with Gasteiger partial charge in [0.2, 0.25) is 0 Å². The van der Waals surface area contributed by atoms with Gasteiger partial charge in [0, 0.05) is 26.2 Å². The number of nitrogens with zero attached hydrogens (tertiary/aromatic N) is 2. The van der Waals surface area contributed by atoms with Gasteiger partial charge in [-0.1, -0.05) is 0 Å². The fraction of sp³-hybridized carbons (Fsp3) is 0.250. The molecule has 18 heavy (non-hydrogen) atoms. The summed E-state index contributed by atoms with van der Waals surface area (Å²) in [7, 11) is -0.976. The molecule has 4 N–H and O–H groups in total. The van der Waals surface area contributed by atoms with E-state index in [1.54, 1.807) is 0 Å². The van der Waals surface area contributed by atoms with E-state index < -0.39 is 14.9 Å². The van der Waals surface area contributed by atoms with Crippen molar-refractivity contribution in [3.63, 3.8) is 0 Å². The van der Waals surface area contributed by atoms with Gasteiger partial charge in [0.15, 0.2) is 0 Å². The number of sulfonamides is 1.